The van der Waals surface area contributed by atoms with Crippen molar-refractivity contribution in [1.29, 1.82) is 0 Å². The molecule has 3 rings (SSSR count). The molecule has 0 aliphatic heterocycles. The van der Waals surface area contributed by atoms with Gasteiger partial charge in [-0.3, -0.25) is 0 Å². The SMILES string of the molecule is C=CCCC=CC1CCC(C2CCC(c3cc(F)c(F)c(F)c3)CC2)CC1. The Labute approximate surface area is 161 Å². The van der Waals surface area contributed by atoms with Crippen LogP contribution in [0.4, 0.5) is 13.2 Å². The number of rotatable bonds is 6. The lowest BCUT2D eigenvalue weighted by atomic mass is 9.68. The Kier molecular flexibility index (Phi) is 7.20. The van der Waals surface area contributed by atoms with E-state index < -0.39 is 17.5 Å². The Morgan fingerprint density at radius 3 is 1.93 bits per heavy atom. The van der Waals surface area contributed by atoms with Gasteiger partial charge in [0.1, 0.15) is 0 Å². The largest absolute Gasteiger partial charge is 0.204 e. The van der Waals surface area contributed by atoms with Crippen LogP contribution in [0, 0.1) is 35.2 Å². The molecule has 2 aliphatic rings. The Bertz CT molecular complexity index is 625. The fourth-order valence-corrected chi connectivity index (χ4v) is 5.05. The van der Waals surface area contributed by atoms with E-state index in [9.17, 15) is 13.2 Å². The quantitative estimate of drug-likeness (QED) is 0.271. The molecule has 2 aliphatic carbocycles. The van der Waals surface area contributed by atoms with E-state index in [-0.39, 0.29) is 5.92 Å². The predicted molar refractivity (Wildman–Crippen MR) is 105 cm³/mol. The minimum Gasteiger partial charge on any atom is -0.204 e. The van der Waals surface area contributed by atoms with E-state index >= 15 is 0 Å². The summed E-state index contributed by atoms with van der Waals surface area (Å²) in [6.45, 7) is 3.76. The van der Waals surface area contributed by atoms with Gasteiger partial charge in [-0.25, -0.2) is 13.2 Å². The molecule has 1 aromatic rings. The molecule has 0 spiro atoms. The summed E-state index contributed by atoms with van der Waals surface area (Å²) in [5, 5.41) is 0. The van der Waals surface area contributed by atoms with E-state index in [1.54, 1.807) is 0 Å². The first-order valence-electron chi connectivity index (χ1n) is 10.5. The third-order valence-corrected chi connectivity index (χ3v) is 6.68. The van der Waals surface area contributed by atoms with Crippen LogP contribution in [0.3, 0.4) is 0 Å². The first-order valence-corrected chi connectivity index (χ1v) is 10.5. The van der Waals surface area contributed by atoms with Crippen LogP contribution < -0.4 is 0 Å². The lowest BCUT2D eigenvalue weighted by Crippen LogP contribution is -2.25. The number of unbranched alkanes of at least 4 members (excludes halogenated alkanes) is 1. The van der Waals surface area contributed by atoms with Crippen molar-refractivity contribution in [3.8, 4) is 0 Å². The molecule has 0 aromatic heterocycles. The summed E-state index contributed by atoms with van der Waals surface area (Å²) >= 11 is 0. The Morgan fingerprint density at radius 2 is 1.37 bits per heavy atom. The highest BCUT2D eigenvalue weighted by molar-refractivity contribution is 5.23. The van der Waals surface area contributed by atoms with Crippen LogP contribution in [0.2, 0.25) is 0 Å². The van der Waals surface area contributed by atoms with E-state index in [1.807, 2.05) is 6.08 Å². The number of hydrogen-bond acceptors (Lipinski definition) is 0. The lowest BCUT2D eigenvalue weighted by molar-refractivity contribution is 0.171. The summed E-state index contributed by atoms with van der Waals surface area (Å²) in [6.07, 6.45) is 18.1. The molecule has 0 unspecified atom stereocenters. The minimum atomic E-state index is -1.36. The zero-order chi connectivity index (χ0) is 19.2. The van der Waals surface area contributed by atoms with Crippen LogP contribution in [0.1, 0.15) is 75.7 Å². The zero-order valence-corrected chi connectivity index (χ0v) is 16.1. The molecular weight excluding hydrogens is 345 g/mol. The molecule has 0 bridgehead atoms. The maximum Gasteiger partial charge on any atom is 0.194 e. The molecule has 2 saturated carbocycles. The molecule has 148 valence electrons. The third-order valence-electron chi connectivity index (χ3n) is 6.68. The van der Waals surface area contributed by atoms with Gasteiger partial charge in [-0.2, -0.15) is 0 Å². The molecule has 2 fully saturated rings. The summed E-state index contributed by atoms with van der Waals surface area (Å²) in [7, 11) is 0. The standard InChI is InChI=1S/C24H31F3/c1-2-3-4-5-6-17-7-9-18(10-8-17)19-11-13-20(14-12-19)21-15-22(25)24(27)23(26)16-21/h2,5-6,15-20H,1,3-4,7-14H2. The van der Waals surface area contributed by atoms with E-state index in [1.165, 1.54) is 37.8 Å². The van der Waals surface area contributed by atoms with Crippen LogP contribution in [0.5, 0.6) is 0 Å². The van der Waals surface area contributed by atoms with E-state index in [0.717, 1.165) is 56.3 Å². The van der Waals surface area contributed by atoms with Crippen LogP contribution in [0.15, 0.2) is 36.9 Å². The van der Waals surface area contributed by atoms with Gasteiger partial charge in [0.2, 0.25) is 0 Å². The molecule has 0 saturated heterocycles. The average Bonchev–Trinajstić information content (AvgIpc) is 2.70. The van der Waals surface area contributed by atoms with Gasteiger partial charge >= 0.3 is 0 Å². The zero-order valence-electron chi connectivity index (χ0n) is 16.1. The third kappa shape index (κ3) is 5.27. The van der Waals surface area contributed by atoms with Gasteiger partial charge in [-0.15, -0.1) is 6.58 Å². The molecule has 27 heavy (non-hydrogen) atoms. The smallest absolute Gasteiger partial charge is 0.194 e. The highest BCUT2D eigenvalue weighted by Crippen LogP contribution is 2.44. The van der Waals surface area contributed by atoms with Crippen molar-refractivity contribution in [3.05, 3.63) is 60.0 Å². The maximum atomic E-state index is 13.5. The average molecular weight is 377 g/mol. The van der Waals surface area contributed by atoms with Gasteiger partial charge in [0.15, 0.2) is 17.5 Å². The lowest BCUT2D eigenvalue weighted by Gasteiger charge is -2.37. The summed E-state index contributed by atoms with van der Waals surface area (Å²) in [5.41, 5.74) is 0.623. The van der Waals surface area contributed by atoms with Crippen LogP contribution >= 0.6 is 0 Å². The first-order chi connectivity index (χ1) is 13.1. The topological polar surface area (TPSA) is 0 Å². The fourth-order valence-electron chi connectivity index (χ4n) is 5.05. The minimum absolute atomic E-state index is 0.162. The highest BCUT2D eigenvalue weighted by Gasteiger charge is 2.31. The fraction of sp³-hybridized carbons (Fsp3) is 0.583. The Balaban J connectivity index is 1.46. The van der Waals surface area contributed by atoms with E-state index in [4.69, 9.17) is 0 Å². The van der Waals surface area contributed by atoms with Crippen molar-refractivity contribution in [1.82, 2.24) is 0 Å². The van der Waals surface area contributed by atoms with Gasteiger partial charge in [0.25, 0.3) is 0 Å². The molecule has 0 N–H and O–H groups in total. The van der Waals surface area contributed by atoms with Crippen LogP contribution in [-0.4, -0.2) is 0 Å². The molecule has 0 atom stereocenters. The molecule has 0 nitrogen and oxygen atoms in total. The monoisotopic (exact) mass is 376 g/mol. The van der Waals surface area contributed by atoms with Crippen molar-refractivity contribution >= 4 is 0 Å². The van der Waals surface area contributed by atoms with Gasteiger partial charge in [-0.05, 0) is 106 Å². The summed E-state index contributed by atoms with van der Waals surface area (Å²) in [6, 6.07) is 2.38. The predicted octanol–water partition coefficient (Wildman–Crippen LogP) is 7.71. The van der Waals surface area contributed by atoms with Gasteiger partial charge in [0, 0.05) is 0 Å². The maximum absolute atomic E-state index is 13.5. The van der Waals surface area contributed by atoms with E-state index in [2.05, 4.69) is 18.7 Å². The number of halogens is 3. The molecule has 3 heteroatoms. The second-order valence-electron chi connectivity index (χ2n) is 8.38. The number of hydrogen-bond donors (Lipinski definition) is 0. The van der Waals surface area contributed by atoms with Crippen molar-refractivity contribution < 1.29 is 13.2 Å². The second kappa shape index (κ2) is 9.61. The second-order valence-corrected chi connectivity index (χ2v) is 8.38. The van der Waals surface area contributed by atoms with E-state index in [0.29, 0.717) is 5.56 Å². The summed E-state index contributed by atoms with van der Waals surface area (Å²) in [5.74, 6) is -1.06. The first kappa shape index (κ1) is 20.2. The molecule has 0 radical (unpaired) electrons. The highest BCUT2D eigenvalue weighted by atomic mass is 19.2. The Morgan fingerprint density at radius 1 is 0.815 bits per heavy atom. The normalized spacial score (nSPS) is 29.1. The van der Waals surface area contributed by atoms with Crippen LogP contribution in [-0.2, 0) is 0 Å². The Hall–Kier alpha value is -1.51. The number of benzene rings is 1. The summed E-state index contributed by atoms with van der Waals surface area (Å²) in [4.78, 5) is 0. The van der Waals surface area contributed by atoms with Gasteiger partial charge in [-0.1, -0.05) is 18.2 Å². The van der Waals surface area contributed by atoms with Gasteiger partial charge in [0.05, 0.1) is 0 Å². The molecule has 0 heterocycles. The van der Waals surface area contributed by atoms with Crippen LogP contribution in [0.25, 0.3) is 0 Å². The number of allylic oxidation sites excluding steroid dienone is 3. The molecule has 1 aromatic carbocycles. The van der Waals surface area contributed by atoms with Gasteiger partial charge < -0.3 is 0 Å². The van der Waals surface area contributed by atoms with Crippen molar-refractivity contribution in [2.45, 2.75) is 70.1 Å². The summed E-state index contributed by atoms with van der Waals surface area (Å²) < 4.78 is 40.2. The van der Waals surface area contributed by atoms with Crippen molar-refractivity contribution in [3.63, 3.8) is 0 Å². The molecule has 0 amide bonds. The molecular formula is C24H31F3. The van der Waals surface area contributed by atoms with Crippen molar-refractivity contribution in [2.24, 2.45) is 17.8 Å². The van der Waals surface area contributed by atoms with Crippen molar-refractivity contribution in [2.75, 3.05) is 0 Å².